The number of phenols is 1. The van der Waals surface area contributed by atoms with E-state index >= 15 is 0 Å². The van der Waals surface area contributed by atoms with E-state index in [2.05, 4.69) is 4.90 Å². The van der Waals surface area contributed by atoms with E-state index in [4.69, 9.17) is 4.74 Å². The van der Waals surface area contributed by atoms with Gasteiger partial charge in [-0.05, 0) is 62.0 Å². The summed E-state index contributed by atoms with van der Waals surface area (Å²) in [5.74, 6) is -0.960. The molecule has 0 aromatic heterocycles. The van der Waals surface area contributed by atoms with Gasteiger partial charge in [-0.3, -0.25) is 9.59 Å². The molecule has 1 fully saturated rings. The average molecular weight is 439 g/mol. The van der Waals surface area contributed by atoms with Gasteiger partial charge in [-0.25, -0.2) is 0 Å². The largest absolute Gasteiger partial charge is 0.508 e. The molecule has 0 spiro atoms. The molecule has 1 aliphatic heterocycles. The van der Waals surface area contributed by atoms with E-state index in [0.717, 1.165) is 13.1 Å². The van der Waals surface area contributed by atoms with Crippen LogP contribution in [0.3, 0.4) is 0 Å². The Morgan fingerprint density at radius 3 is 2.34 bits per heavy atom. The Kier molecular flexibility index (Phi) is 7.53. The number of carbonyl (C=O) groups is 2. The Hall–Kier alpha value is -3.32. The van der Waals surface area contributed by atoms with E-state index in [9.17, 15) is 19.8 Å². The summed E-state index contributed by atoms with van der Waals surface area (Å²) in [7, 11) is 0. The lowest BCUT2D eigenvalue weighted by Gasteiger charge is -2.28. The van der Waals surface area contributed by atoms with Gasteiger partial charge in [0.2, 0.25) is 0 Å². The zero-order chi connectivity index (χ0) is 23.3. The number of likely N-dealkylation sites (tertiary alicyclic amines) is 1. The molecule has 7 heteroatoms. The number of aliphatic hydroxyl groups excluding tert-OH is 1. The van der Waals surface area contributed by atoms with Crippen molar-refractivity contribution in [1.29, 1.82) is 0 Å². The molecule has 2 aromatic rings. The first kappa shape index (κ1) is 23.3. The second-order valence-corrected chi connectivity index (χ2v) is 7.57. The number of ketones is 1. The molecule has 2 N–H and O–H groups in total. The van der Waals surface area contributed by atoms with Gasteiger partial charge in [0.05, 0.1) is 18.2 Å². The molecule has 1 saturated heterocycles. The maximum Gasteiger partial charge on any atom is 0.295 e. The Morgan fingerprint density at radius 2 is 1.75 bits per heavy atom. The van der Waals surface area contributed by atoms with Crippen LogP contribution in [0, 0.1) is 0 Å². The molecular weight excluding hydrogens is 408 g/mol. The molecule has 1 atom stereocenters. The Balaban J connectivity index is 2.06. The molecule has 0 bridgehead atoms. The number of hydrogen-bond acceptors (Lipinski definition) is 6. The van der Waals surface area contributed by atoms with Gasteiger partial charge in [-0.2, -0.15) is 0 Å². The van der Waals surface area contributed by atoms with Crippen LogP contribution in [0.15, 0.2) is 54.1 Å². The predicted octanol–water partition coefficient (Wildman–Crippen LogP) is 3.55. The third-order valence-electron chi connectivity index (χ3n) is 5.72. The zero-order valence-electron chi connectivity index (χ0n) is 18.7. The van der Waals surface area contributed by atoms with Crippen molar-refractivity contribution in [1.82, 2.24) is 9.80 Å². The molecule has 2 aromatic carbocycles. The number of rotatable bonds is 9. The topological polar surface area (TPSA) is 90.3 Å². The van der Waals surface area contributed by atoms with Crippen LogP contribution in [0.25, 0.3) is 5.76 Å². The molecule has 0 aliphatic carbocycles. The van der Waals surface area contributed by atoms with Crippen LogP contribution in [0.4, 0.5) is 0 Å². The average Bonchev–Trinajstić information content (AvgIpc) is 3.05. The molecule has 0 radical (unpaired) electrons. The van der Waals surface area contributed by atoms with E-state index in [-0.39, 0.29) is 17.1 Å². The van der Waals surface area contributed by atoms with Crippen LogP contribution in [0.2, 0.25) is 0 Å². The second-order valence-electron chi connectivity index (χ2n) is 7.57. The van der Waals surface area contributed by atoms with Crippen molar-refractivity contribution < 1.29 is 24.5 Å². The smallest absolute Gasteiger partial charge is 0.295 e. The number of phenolic OH excluding ortho intramolecular Hbond substituents is 1. The number of nitrogens with zero attached hydrogens (tertiary/aromatic N) is 2. The fraction of sp³-hybridized carbons (Fsp3) is 0.360. The molecular formula is C25H30N2O5. The summed E-state index contributed by atoms with van der Waals surface area (Å²) in [5, 5.41) is 21.1. The van der Waals surface area contributed by atoms with E-state index in [0.29, 0.717) is 36.6 Å². The van der Waals surface area contributed by atoms with Crippen LogP contribution >= 0.6 is 0 Å². The number of Topliss-reactive ketones (excluding diaryl/α,β-unsaturated/α-hetero) is 1. The molecule has 3 rings (SSSR count). The summed E-state index contributed by atoms with van der Waals surface area (Å²) < 4.78 is 5.44. The first-order valence-corrected chi connectivity index (χ1v) is 10.9. The van der Waals surface area contributed by atoms with Gasteiger partial charge in [0, 0.05) is 18.7 Å². The van der Waals surface area contributed by atoms with Crippen LogP contribution < -0.4 is 4.74 Å². The lowest BCUT2D eigenvalue weighted by molar-refractivity contribution is -0.140. The molecule has 170 valence electrons. The van der Waals surface area contributed by atoms with Gasteiger partial charge in [-0.1, -0.05) is 26.0 Å². The van der Waals surface area contributed by atoms with E-state index in [1.807, 2.05) is 20.8 Å². The molecule has 1 aliphatic rings. The van der Waals surface area contributed by atoms with Crippen LogP contribution in [0.1, 0.15) is 37.9 Å². The van der Waals surface area contributed by atoms with Gasteiger partial charge in [0.25, 0.3) is 11.7 Å². The third kappa shape index (κ3) is 4.78. The number of amides is 1. The minimum Gasteiger partial charge on any atom is -0.508 e. The van der Waals surface area contributed by atoms with Crippen molar-refractivity contribution in [3.8, 4) is 11.5 Å². The molecule has 1 amide bonds. The van der Waals surface area contributed by atoms with Gasteiger partial charge in [0.1, 0.15) is 17.3 Å². The third-order valence-corrected chi connectivity index (χ3v) is 5.72. The van der Waals surface area contributed by atoms with E-state index in [1.54, 1.807) is 36.4 Å². The molecule has 7 nitrogen and oxygen atoms in total. The highest BCUT2D eigenvalue weighted by Crippen LogP contribution is 2.40. The van der Waals surface area contributed by atoms with Crippen molar-refractivity contribution in [2.24, 2.45) is 0 Å². The normalized spacial score (nSPS) is 17.9. The van der Waals surface area contributed by atoms with Gasteiger partial charge in [-0.15, -0.1) is 0 Å². The molecule has 0 saturated carbocycles. The number of hydrogen-bond donors (Lipinski definition) is 2. The first-order valence-electron chi connectivity index (χ1n) is 10.9. The van der Waals surface area contributed by atoms with E-state index < -0.39 is 17.7 Å². The van der Waals surface area contributed by atoms with Gasteiger partial charge < -0.3 is 24.7 Å². The SMILES string of the molecule is CCOc1ccc(/C(O)=C2/C(=O)C(=O)N(CCN(CC)CC)C2c2cccc(O)c2)cc1. The summed E-state index contributed by atoms with van der Waals surface area (Å²) in [4.78, 5) is 29.7. The van der Waals surface area contributed by atoms with Crippen molar-refractivity contribution in [2.75, 3.05) is 32.8 Å². The first-order chi connectivity index (χ1) is 15.4. The maximum atomic E-state index is 13.0. The fourth-order valence-electron chi connectivity index (χ4n) is 3.97. The quantitative estimate of drug-likeness (QED) is 0.354. The van der Waals surface area contributed by atoms with E-state index in [1.165, 1.54) is 17.0 Å². The predicted molar refractivity (Wildman–Crippen MR) is 123 cm³/mol. The number of ether oxygens (including phenoxy) is 1. The Bertz CT molecular complexity index is 996. The number of aromatic hydroxyl groups is 1. The number of carbonyl (C=O) groups excluding carboxylic acids is 2. The van der Waals surface area contributed by atoms with Crippen LogP contribution in [-0.4, -0.2) is 64.5 Å². The number of likely N-dealkylation sites (N-methyl/N-ethyl adjacent to an activating group) is 1. The molecule has 1 heterocycles. The van der Waals surface area contributed by atoms with Gasteiger partial charge in [0.15, 0.2) is 0 Å². The summed E-state index contributed by atoms with van der Waals surface area (Å²) >= 11 is 0. The highest BCUT2D eigenvalue weighted by molar-refractivity contribution is 6.46. The van der Waals surface area contributed by atoms with Crippen molar-refractivity contribution in [2.45, 2.75) is 26.8 Å². The van der Waals surface area contributed by atoms with Crippen molar-refractivity contribution in [3.05, 3.63) is 65.2 Å². The lowest BCUT2D eigenvalue weighted by atomic mass is 9.95. The monoisotopic (exact) mass is 438 g/mol. The summed E-state index contributed by atoms with van der Waals surface area (Å²) in [6.45, 7) is 9.04. The minimum atomic E-state index is -0.788. The Labute approximate surface area is 188 Å². The number of benzene rings is 2. The summed E-state index contributed by atoms with van der Waals surface area (Å²) in [6.07, 6.45) is 0. The van der Waals surface area contributed by atoms with Gasteiger partial charge >= 0.3 is 0 Å². The lowest BCUT2D eigenvalue weighted by Crippen LogP contribution is -2.38. The number of aliphatic hydroxyl groups is 1. The highest BCUT2D eigenvalue weighted by atomic mass is 16.5. The standard InChI is InChI=1S/C25H30N2O5/c1-4-26(5-2)14-15-27-22(18-8-7-9-19(28)16-18)21(24(30)25(27)31)23(29)17-10-12-20(13-11-17)32-6-3/h7-13,16,22,28-29H,4-6,14-15H2,1-3H3/b23-21-. The maximum absolute atomic E-state index is 13.0. The van der Waals surface area contributed by atoms with Crippen molar-refractivity contribution >= 4 is 17.4 Å². The second kappa shape index (κ2) is 10.3. The molecule has 1 unspecified atom stereocenters. The molecule has 32 heavy (non-hydrogen) atoms. The summed E-state index contributed by atoms with van der Waals surface area (Å²) in [6, 6.07) is 12.4. The minimum absolute atomic E-state index is 0.0179. The highest BCUT2D eigenvalue weighted by Gasteiger charge is 2.46. The van der Waals surface area contributed by atoms with Crippen LogP contribution in [-0.2, 0) is 9.59 Å². The zero-order valence-corrected chi connectivity index (χ0v) is 18.7. The Morgan fingerprint density at radius 1 is 1.06 bits per heavy atom. The summed E-state index contributed by atoms with van der Waals surface area (Å²) in [5.41, 5.74) is 1.00. The van der Waals surface area contributed by atoms with Crippen molar-refractivity contribution in [3.63, 3.8) is 0 Å². The van der Waals surface area contributed by atoms with Crippen LogP contribution in [0.5, 0.6) is 11.5 Å². The fourth-order valence-corrected chi connectivity index (χ4v) is 3.97.